The van der Waals surface area contributed by atoms with Crippen molar-refractivity contribution in [2.75, 3.05) is 0 Å². The maximum atomic E-state index is 2.44. The van der Waals surface area contributed by atoms with Crippen molar-refractivity contribution in [2.24, 2.45) is 0 Å². The fraction of sp³-hybridized carbons (Fsp3) is 0.167. The molecule has 0 nitrogen and oxygen atoms in total. The molecule has 0 N–H and O–H groups in total. The third kappa shape index (κ3) is 3.60. The molecule has 0 saturated heterocycles. The molecule has 0 amide bonds. The van der Waals surface area contributed by atoms with E-state index in [4.69, 9.17) is 0 Å². The fourth-order valence-corrected chi connectivity index (χ4v) is 6.43. The number of allylic oxidation sites excluding steroid dienone is 9. The number of rotatable bonds is 3. The Bertz CT molecular complexity index is 1610. The van der Waals surface area contributed by atoms with E-state index in [0.29, 0.717) is 0 Å². The van der Waals surface area contributed by atoms with E-state index >= 15 is 0 Å². The van der Waals surface area contributed by atoms with Gasteiger partial charge in [0, 0.05) is 0 Å². The molecule has 0 aliphatic heterocycles. The summed E-state index contributed by atoms with van der Waals surface area (Å²) in [6.07, 6.45) is 20.8. The van der Waals surface area contributed by atoms with E-state index in [-0.39, 0.29) is 0 Å². The van der Waals surface area contributed by atoms with Crippen LogP contribution in [-0.4, -0.2) is 0 Å². The van der Waals surface area contributed by atoms with Crippen molar-refractivity contribution in [3.8, 4) is 0 Å². The van der Waals surface area contributed by atoms with Crippen LogP contribution in [0.15, 0.2) is 114 Å². The molecule has 0 atom stereocenters. The summed E-state index contributed by atoms with van der Waals surface area (Å²) in [6.45, 7) is 0. The minimum absolute atomic E-state index is 1.09. The predicted octanol–water partition coefficient (Wildman–Crippen LogP) is 9.86. The smallest absolute Gasteiger partial charge is 0.00665 e. The van der Waals surface area contributed by atoms with Crippen LogP contribution in [0.5, 0.6) is 0 Å². The van der Waals surface area contributed by atoms with Gasteiger partial charge in [0.15, 0.2) is 0 Å². The Hall–Kier alpha value is -3.90. The first-order chi connectivity index (χ1) is 17.9. The third-order valence-electron chi connectivity index (χ3n) is 8.20. The molecule has 0 fully saturated rings. The van der Waals surface area contributed by atoms with Gasteiger partial charge in [-0.25, -0.2) is 0 Å². The minimum Gasteiger partial charge on any atom is -0.0842 e. The van der Waals surface area contributed by atoms with E-state index in [9.17, 15) is 0 Å². The van der Waals surface area contributed by atoms with Crippen molar-refractivity contribution in [2.45, 2.75) is 38.5 Å². The van der Waals surface area contributed by atoms with Crippen molar-refractivity contribution in [3.05, 3.63) is 137 Å². The van der Waals surface area contributed by atoms with Gasteiger partial charge < -0.3 is 0 Å². The Morgan fingerprint density at radius 1 is 0.444 bits per heavy atom. The lowest BCUT2D eigenvalue weighted by atomic mass is 9.80. The van der Waals surface area contributed by atoms with E-state index < -0.39 is 0 Å². The highest BCUT2D eigenvalue weighted by molar-refractivity contribution is 6.17. The summed E-state index contributed by atoms with van der Waals surface area (Å²) in [6, 6.07) is 27.1. The fourth-order valence-electron chi connectivity index (χ4n) is 6.43. The summed E-state index contributed by atoms with van der Waals surface area (Å²) in [5.41, 5.74) is 11.6. The summed E-state index contributed by atoms with van der Waals surface area (Å²) in [5.74, 6) is 0. The maximum absolute atomic E-state index is 2.44. The molecule has 0 radical (unpaired) electrons. The van der Waals surface area contributed by atoms with E-state index in [1.807, 2.05) is 0 Å². The largest absolute Gasteiger partial charge is 0.0842 e. The van der Waals surface area contributed by atoms with Crippen molar-refractivity contribution in [1.82, 2.24) is 0 Å². The van der Waals surface area contributed by atoms with Gasteiger partial charge in [-0.2, -0.15) is 0 Å². The van der Waals surface area contributed by atoms with Crippen molar-refractivity contribution >= 4 is 38.8 Å². The third-order valence-corrected chi connectivity index (χ3v) is 8.20. The average molecular weight is 463 g/mol. The molecule has 174 valence electrons. The van der Waals surface area contributed by atoms with Crippen LogP contribution in [0.4, 0.5) is 0 Å². The second-order valence-electron chi connectivity index (χ2n) is 10.3. The summed E-state index contributed by atoms with van der Waals surface area (Å²) < 4.78 is 0. The van der Waals surface area contributed by atoms with Crippen LogP contribution < -0.4 is 0 Å². The lowest BCUT2D eigenvalue weighted by Gasteiger charge is -2.24. The zero-order valence-electron chi connectivity index (χ0n) is 20.6. The zero-order chi connectivity index (χ0) is 23.9. The second kappa shape index (κ2) is 8.95. The molecule has 0 heteroatoms. The molecule has 0 unspecified atom stereocenters. The van der Waals surface area contributed by atoms with Crippen molar-refractivity contribution in [3.63, 3.8) is 0 Å². The molecular weight excluding hydrogens is 432 g/mol. The van der Waals surface area contributed by atoms with Gasteiger partial charge in [0.1, 0.15) is 0 Å². The van der Waals surface area contributed by atoms with Gasteiger partial charge in [0.25, 0.3) is 0 Å². The van der Waals surface area contributed by atoms with Gasteiger partial charge in [-0.15, -0.1) is 0 Å². The molecule has 36 heavy (non-hydrogen) atoms. The van der Waals surface area contributed by atoms with Crippen molar-refractivity contribution < 1.29 is 0 Å². The Labute approximate surface area is 213 Å². The van der Waals surface area contributed by atoms with Gasteiger partial charge in [-0.1, -0.05) is 109 Å². The molecule has 4 aromatic rings. The number of hydrogen-bond acceptors (Lipinski definition) is 0. The number of aryl methyl sites for hydroxylation is 1. The normalized spacial score (nSPS) is 17.3. The Morgan fingerprint density at radius 3 is 1.64 bits per heavy atom. The molecular formula is C36H30. The van der Waals surface area contributed by atoms with Crippen LogP contribution in [0.2, 0.25) is 0 Å². The molecule has 0 spiro atoms. The summed E-state index contributed by atoms with van der Waals surface area (Å²) in [7, 11) is 0. The maximum Gasteiger partial charge on any atom is -0.00665 e. The van der Waals surface area contributed by atoms with Gasteiger partial charge in [0.05, 0.1) is 0 Å². The first-order valence-electron chi connectivity index (χ1n) is 13.4. The Balaban J connectivity index is 1.45. The lowest BCUT2D eigenvalue weighted by molar-refractivity contribution is 0.906. The molecule has 7 rings (SSSR count). The average Bonchev–Trinajstić information content (AvgIpc) is 2.96. The highest BCUT2D eigenvalue weighted by Crippen LogP contribution is 2.44. The summed E-state index contributed by atoms with van der Waals surface area (Å²) >= 11 is 0. The predicted molar refractivity (Wildman–Crippen MR) is 156 cm³/mol. The molecule has 0 bridgehead atoms. The SMILES string of the molecule is C1=CCCC(C2=CC=C(c3c4ccccc4c(C4=Cc5ccccc5CC4)c4ccccc34)CC2)=C1. The molecule has 0 saturated carbocycles. The first kappa shape index (κ1) is 21.4. The summed E-state index contributed by atoms with van der Waals surface area (Å²) in [4.78, 5) is 0. The number of fused-ring (bicyclic) bond motifs is 3. The second-order valence-corrected chi connectivity index (χ2v) is 10.3. The van der Waals surface area contributed by atoms with Crippen molar-refractivity contribution in [1.29, 1.82) is 0 Å². The van der Waals surface area contributed by atoms with Crippen LogP contribution in [0.25, 0.3) is 38.8 Å². The number of hydrogen-bond donors (Lipinski definition) is 0. The van der Waals surface area contributed by atoms with Crippen LogP contribution in [0.3, 0.4) is 0 Å². The Kier molecular flexibility index (Phi) is 5.32. The first-order valence-corrected chi connectivity index (χ1v) is 13.4. The van der Waals surface area contributed by atoms with Gasteiger partial charge in [-0.3, -0.25) is 0 Å². The van der Waals surface area contributed by atoms with Crippen LogP contribution >= 0.6 is 0 Å². The highest BCUT2D eigenvalue weighted by atomic mass is 14.3. The van der Waals surface area contributed by atoms with E-state index in [0.717, 1.165) is 32.1 Å². The zero-order valence-corrected chi connectivity index (χ0v) is 20.6. The minimum atomic E-state index is 1.09. The molecule has 3 aliphatic carbocycles. The van der Waals surface area contributed by atoms with Gasteiger partial charge in [0.2, 0.25) is 0 Å². The van der Waals surface area contributed by atoms with Gasteiger partial charge >= 0.3 is 0 Å². The van der Waals surface area contributed by atoms with Crippen LogP contribution in [0.1, 0.15) is 54.4 Å². The van der Waals surface area contributed by atoms with Crippen LogP contribution in [0, 0.1) is 0 Å². The molecule has 4 aromatic carbocycles. The summed E-state index contributed by atoms with van der Waals surface area (Å²) in [5, 5.41) is 5.53. The molecule has 3 aliphatic rings. The monoisotopic (exact) mass is 462 g/mol. The standard InChI is InChI=1S/C36H30/c1-2-10-25(11-3-1)27-18-21-28(22-19-27)35-31-14-6-8-16-33(31)36(34-17-9-7-15-32(34)35)30-23-20-26-12-4-5-13-29(26)24-30/h1-2,4-10,12-18,21,24H,3,11,19-20,22-23H2. The Morgan fingerprint density at radius 2 is 1.00 bits per heavy atom. The van der Waals surface area contributed by atoms with Crippen LogP contribution in [-0.2, 0) is 6.42 Å². The van der Waals surface area contributed by atoms with E-state index in [2.05, 4.69) is 109 Å². The van der Waals surface area contributed by atoms with E-state index in [1.165, 1.54) is 72.5 Å². The topological polar surface area (TPSA) is 0 Å². The lowest BCUT2D eigenvalue weighted by Crippen LogP contribution is -2.03. The molecule has 0 heterocycles. The molecule has 0 aromatic heterocycles. The van der Waals surface area contributed by atoms with E-state index in [1.54, 1.807) is 0 Å². The van der Waals surface area contributed by atoms with Gasteiger partial charge in [-0.05, 0) is 105 Å². The number of benzene rings is 4. The highest BCUT2D eigenvalue weighted by Gasteiger charge is 2.21. The quantitative estimate of drug-likeness (QED) is 0.266.